The molecule has 0 N–H and O–H groups in total. The lowest BCUT2D eigenvalue weighted by Gasteiger charge is -2.28. The average molecular weight is 740 g/mol. The number of benzene rings is 9. The second-order valence-corrected chi connectivity index (χ2v) is 15.2. The normalized spacial score (nSPS) is 14.4. The quantitative estimate of drug-likeness (QED) is 0.170. The summed E-state index contributed by atoms with van der Waals surface area (Å²) < 4.78 is 0. The summed E-state index contributed by atoms with van der Waals surface area (Å²) in [5.74, 6) is 1.93. The Morgan fingerprint density at radius 3 is 1.43 bits per heavy atom. The first-order chi connectivity index (χ1) is 28.7. The maximum absolute atomic E-state index is 5.32. The second kappa shape index (κ2) is 13.6. The van der Waals surface area contributed by atoms with Crippen molar-refractivity contribution >= 4 is 21.5 Å². The van der Waals surface area contributed by atoms with Crippen LogP contribution >= 0.6 is 0 Å². The van der Waals surface area contributed by atoms with Crippen LogP contribution in [0.3, 0.4) is 0 Å². The molecule has 9 aromatic carbocycles. The maximum Gasteiger partial charge on any atom is 0.164 e. The molecule has 3 nitrogen and oxygen atoms in total. The molecule has 0 aliphatic heterocycles. The Morgan fingerprint density at radius 2 is 0.724 bits per heavy atom. The number of aromatic nitrogens is 3. The topological polar surface area (TPSA) is 38.7 Å². The Labute approximate surface area is 338 Å². The van der Waals surface area contributed by atoms with Crippen LogP contribution in [0.5, 0.6) is 0 Å². The predicted octanol–water partition coefficient (Wildman–Crippen LogP) is 13.8. The van der Waals surface area contributed by atoms with Crippen molar-refractivity contribution in [3.05, 3.63) is 223 Å². The largest absolute Gasteiger partial charge is 0.208 e. The van der Waals surface area contributed by atoms with Crippen molar-refractivity contribution in [1.82, 2.24) is 15.0 Å². The van der Waals surface area contributed by atoms with Gasteiger partial charge in [-0.1, -0.05) is 200 Å². The summed E-state index contributed by atoms with van der Waals surface area (Å²) in [5, 5.41) is 4.50. The van der Waals surface area contributed by atoms with E-state index in [0.29, 0.717) is 17.5 Å². The summed E-state index contributed by atoms with van der Waals surface area (Å²) in [5.41, 5.74) is 13.9. The van der Waals surface area contributed by atoms with Gasteiger partial charge in [-0.2, -0.15) is 0 Å². The van der Waals surface area contributed by atoms with E-state index in [2.05, 4.69) is 195 Å². The van der Waals surface area contributed by atoms with Crippen molar-refractivity contribution in [3.8, 4) is 67.5 Å². The highest BCUT2D eigenvalue weighted by atomic mass is 15.0. The Morgan fingerprint density at radius 1 is 0.293 bits per heavy atom. The minimum absolute atomic E-state index is 0.280. The second-order valence-electron chi connectivity index (χ2n) is 15.2. The molecule has 0 bridgehead atoms. The molecule has 3 heteroatoms. The van der Waals surface area contributed by atoms with E-state index in [1.807, 2.05) is 18.2 Å². The SMILES string of the molecule is CC1(c2ccccc2)c2ccccc2-c2c(-c3ccc(-c4nc(-c5ccccc5)nc(-c5cccc6c(-c7ccccc7)cccc56)n4)c4ccccc34)cccc21. The standard InChI is InChI=1S/C55H37N3/c1-55(38-22-9-4-10-23-38)49-32-14-13-26-48(49)51-45(30-17-33-50(51)55)44-34-35-47(42-25-12-11-24-41(42)44)54-57-52(37-20-7-3-8-21-37)56-53(58-54)46-31-16-28-40-39(27-15-29-43(40)46)36-18-5-2-6-19-36/h2-35H,1H3. The lowest BCUT2D eigenvalue weighted by atomic mass is 9.74. The molecule has 1 heterocycles. The van der Waals surface area contributed by atoms with Crippen molar-refractivity contribution in [3.63, 3.8) is 0 Å². The van der Waals surface area contributed by atoms with Gasteiger partial charge in [0.25, 0.3) is 0 Å². The molecule has 1 aromatic heterocycles. The summed E-state index contributed by atoms with van der Waals surface area (Å²) in [6.07, 6.45) is 0. The van der Waals surface area contributed by atoms with Crippen LogP contribution in [0.2, 0.25) is 0 Å². The third kappa shape index (κ3) is 5.32. The molecular weight excluding hydrogens is 703 g/mol. The van der Waals surface area contributed by atoms with Crippen molar-refractivity contribution < 1.29 is 0 Å². The predicted molar refractivity (Wildman–Crippen MR) is 239 cm³/mol. The number of fused-ring (bicyclic) bond motifs is 5. The molecule has 1 unspecified atom stereocenters. The third-order valence-corrected chi connectivity index (χ3v) is 12.1. The molecule has 0 amide bonds. The van der Waals surface area contributed by atoms with E-state index in [9.17, 15) is 0 Å². The van der Waals surface area contributed by atoms with Crippen molar-refractivity contribution in [2.75, 3.05) is 0 Å². The minimum atomic E-state index is -0.280. The Hall–Kier alpha value is -7.49. The molecule has 11 rings (SSSR count). The first kappa shape index (κ1) is 33.8. The first-order valence-electron chi connectivity index (χ1n) is 19.9. The lowest BCUT2D eigenvalue weighted by Crippen LogP contribution is -2.22. The zero-order valence-corrected chi connectivity index (χ0v) is 32.0. The van der Waals surface area contributed by atoms with Gasteiger partial charge in [-0.05, 0) is 84.6 Å². The molecule has 1 aliphatic rings. The van der Waals surface area contributed by atoms with Crippen molar-refractivity contribution in [2.45, 2.75) is 12.3 Å². The zero-order chi connectivity index (χ0) is 38.6. The Bertz CT molecular complexity index is 3170. The van der Waals surface area contributed by atoms with Crippen LogP contribution < -0.4 is 0 Å². The van der Waals surface area contributed by atoms with Crippen molar-refractivity contribution in [2.24, 2.45) is 0 Å². The van der Waals surface area contributed by atoms with Crippen LogP contribution in [0.15, 0.2) is 206 Å². The van der Waals surface area contributed by atoms with Gasteiger partial charge in [-0.15, -0.1) is 0 Å². The average Bonchev–Trinajstić information content (AvgIpc) is 3.57. The van der Waals surface area contributed by atoms with Gasteiger partial charge in [0.05, 0.1) is 0 Å². The lowest BCUT2D eigenvalue weighted by molar-refractivity contribution is 0.714. The Kier molecular flexibility index (Phi) is 7.94. The Balaban J connectivity index is 1.12. The molecule has 0 saturated heterocycles. The van der Waals surface area contributed by atoms with Gasteiger partial charge < -0.3 is 0 Å². The third-order valence-electron chi connectivity index (χ3n) is 12.1. The fraction of sp³-hybridized carbons (Fsp3) is 0.0364. The molecule has 1 aliphatic carbocycles. The van der Waals surface area contributed by atoms with Crippen LogP contribution in [-0.4, -0.2) is 15.0 Å². The fourth-order valence-corrected chi connectivity index (χ4v) is 9.28. The molecule has 272 valence electrons. The molecule has 10 aromatic rings. The van der Waals surface area contributed by atoms with E-state index in [0.717, 1.165) is 38.2 Å². The van der Waals surface area contributed by atoms with Crippen LogP contribution in [0.4, 0.5) is 0 Å². The van der Waals surface area contributed by atoms with Gasteiger partial charge in [0.15, 0.2) is 17.5 Å². The summed E-state index contributed by atoms with van der Waals surface area (Å²) in [4.78, 5) is 15.7. The molecule has 0 radical (unpaired) electrons. The van der Waals surface area contributed by atoms with E-state index in [1.165, 1.54) is 50.1 Å². The van der Waals surface area contributed by atoms with E-state index in [-0.39, 0.29) is 5.41 Å². The molecule has 58 heavy (non-hydrogen) atoms. The molecular formula is C55H37N3. The smallest absolute Gasteiger partial charge is 0.164 e. The highest BCUT2D eigenvalue weighted by Crippen LogP contribution is 2.55. The van der Waals surface area contributed by atoms with Crippen molar-refractivity contribution in [1.29, 1.82) is 0 Å². The number of hydrogen-bond donors (Lipinski definition) is 0. The van der Waals surface area contributed by atoms with Crippen LogP contribution in [0.25, 0.3) is 89.1 Å². The number of hydrogen-bond acceptors (Lipinski definition) is 3. The molecule has 0 fully saturated rings. The monoisotopic (exact) mass is 739 g/mol. The first-order valence-corrected chi connectivity index (χ1v) is 19.9. The number of rotatable bonds is 6. The molecule has 0 spiro atoms. The number of nitrogens with zero attached hydrogens (tertiary/aromatic N) is 3. The molecule has 1 atom stereocenters. The van der Waals surface area contributed by atoms with Crippen LogP contribution in [-0.2, 0) is 5.41 Å². The summed E-state index contributed by atoms with van der Waals surface area (Å²) in [7, 11) is 0. The van der Waals surface area contributed by atoms with Gasteiger partial charge in [-0.25, -0.2) is 15.0 Å². The summed E-state index contributed by atoms with van der Waals surface area (Å²) in [6, 6.07) is 73.5. The van der Waals surface area contributed by atoms with Gasteiger partial charge in [0, 0.05) is 22.1 Å². The minimum Gasteiger partial charge on any atom is -0.208 e. The van der Waals surface area contributed by atoms with E-state index >= 15 is 0 Å². The highest BCUT2D eigenvalue weighted by Gasteiger charge is 2.41. The van der Waals surface area contributed by atoms with E-state index < -0.39 is 0 Å². The fourth-order valence-electron chi connectivity index (χ4n) is 9.28. The van der Waals surface area contributed by atoms with E-state index in [1.54, 1.807) is 0 Å². The highest BCUT2D eigenvalue weighted by molar-refractivity contribution is 6.08. The zero-order valence-electron chi connectivity index (χ0n) is 32.0. The van der Waals surface area contributed by atoms with Gasteiger partial charge >= 0.3 is 0 Å². The summed E-state index contributed by atoms with van der Waals surface area (Å²) >= 11 is 0. The molecule has 0 saturated carbocycles. The van der Waals surface area contributed by atoms with Crippen LogP contribution in [0.1, 0.15) is 23.6 Å². The summed E-state index contributed by atoms with van der Waals surface area (Å²) in [6.45, 7) is 2.37. The van der Waals surface area contributed by atoms with Gasteiger partial charge in [-0.3, -0.25) is 0 Å². The van der Waals surface area contributed by atoms with Gasteiger partial charge in [0.1, 0.15) is 0 Å². The van der Waals surface area contributed by atoms with Crippen LogP contribution in [0, 0.1) is 0 Å². The van der Waals surface area contributed by atoms with E-state index in [4.69, 9.17) is 15.0 Å². The van der Waals surface area contributed by atoms with Gasteiger partial charge in [0.2, 0.25) is 0 Å². The maximum atomic E-state index is 5.32.